The minimum Gasteiger partial charge on any atom is -0.371 e. The van der Waals surface area contributed by atoms with Crippen molar-refractivity contribution in [3.05, 3.63) is 54.9 Å². The highest BCUT2D eigenvalue weighted by Gasteiger charge is 2.52. The van der Waals surface area contributed by atoms with Crippen LogP contribution in [0.25, 0.3) is 0 Å². The van der Waals surface area contributed by atoms with Crippen molar-refractivity contribution in [2.45, 2.75) is 29.6 Å². The minimum absolute atomic E-state index is 0.143. The molecule has 0 bridgehead atoms. The summed E-state index contributed by atoms with van der Waals surface area (Å²) in [6.07, 6.45) is 4.62. The number of benzene rings is 1. The van der Waals surface area contributed by atoms with Gasteiger partial charge in [0.1, 0.15) is 6.23 Å². The van der Waals surface area contributed by atoms with Crippen LogP contribution >= 0.6 is 0 Å². The van der Waals surface area contributed by atoms with Crippen LogP contribution in [0.3, 0.4) is 0 Å². The molecule has 1 atom stereocenters. The number of aromatic nitrogens is 1. The average molecular weight is 429 g/mol. The van der Waals surface area contributed by atoms with E-state index in [0.717, 1.165) is 31.6 Å². The van der Waals surface area contributed by atoms with Crippen LogP contribution < -0.4 is 4.90 Å². The molecule has 4 heterocycles. The fourth-order valence-electron chi connectivity index (χ4n) is 4.59. The number of piperazine rings is 1. The molecule has 1 unspecified atom stereocenters. The molecule has 0 N–H and O–H groups in total. The maximum atomic E-state index is 13.0. The van der Waals surface area contributed by atoms with E-state index in [1.807, 2.05) is 12.1 Å². The lowest BCUT2D eigenvalue weighted by Gasteiger charge is -2.39. The molecule has 5 rings (SSSR count). The Hall–Kier alpha value is -2.49. The maximum absolute atomic E-state index is 13.0. The molecule has 1 spiro atoms. The van der Waals surface area contributed by atoms with Gasteiger partial charge in [0, 0.05) is 31.2 Å². The number of anilines is 1. The number of piperidine rings is 1. The summed E-state index contributed by atoms with van der Waals surface area (Å²) < 4.78 is 33.6. The third kappa shape index (κ3) is 3.36. The Morgan fingerprint density at radius 2 is 1.73 bits per heavy atom. The number of fused-ring (bicyclic) bond motifs is 1. The largest absolute Gasteiger partial charge is 0.371 e. The number of ether oxygens (including phenoxy) is 1. The van der Waals surface area contributed by atoms with E-state index in [9.17, 15) is 13.2 Å². The second-order valence-electron chi connectivity index (χ2n) is 8.08. The molecule has 9 heteroatoms. The summed E-state index contributed by atoms with van der Waals surface area (Å²) in [5, 5.41) is 0. The quantitative estimate of drug-likeness (QED) is 0.733. The Morgan fingerprint density at radius 1 is 1.03 bits per heavy atom. The second kappa shape index (κ2) is 7.33. The fourth-order valence-corrected chi connectivity index (χ4v) is 6.00. The number of hydrogen-bond donors (Lipinski definition) is 0. The number of nitrogens with zero attached hydrogens (tertiary/aromatic N) is 4. The molecular weight excluding hydrogens is 404 g/mol. The molecular formula is C21H24N4O4S. The van der Waals surface area contributed by atoms with Crippen molar-refractivity contribution >= 4 is 21.6 Å². The van der Waals surface area contributed by atoms with Crippen molar-refractivity contribution in [1.29, 1.82) is 0 Å². The van der Waals surface area contributed by atoms with Crippen molar-refractivity contribution in [3.8, 4) is 0 Å². The van der Waals surface area contributed by atoms with E-state index < -0.39 is 21.9 Å². The molecule has 1 aromatic heterocycles. The molecule has 0 radical (unpaired) electrons. The van der Waals surface area contributed by atoms with Gasteiger partial charge in [0.2, 0.25) is 15.9 Å². The van der Waals surface area contributed by atoms with Crippen molar-refractivity contribution in [2.24, 2.45) is 0 Å². The SMILES string of the molecule is O=C1CN(S(=O)(=O)c2ccccc2)CC2OC3(CCN(c4ccncc4)CC3)CN12. The maximum Gasteiger partial charge on any atom is 0.243 e. The predicted molar refractivity (Wildman–Crippen MR) is 110 cm³/mol. The number of pyridine rings is 1. The average Bonchev–Trinajstić information content (AvgIpc) is 3.14. The molecule has 0 saturated carbocycles. The molecule has 3 aliphatic rings. The highest BCUT2D eigenvalue weighted by Crippen LogP contribution is 2.38. The Kier molecular flexibility index (Phi) is 4.76. The van der Waals surface area contributed by atoms with Gasteiger partial charge in [-0.2, -0.15) is 4.31 Å². The number of sulfonamides is 1. The van der Waals surface area contributed by atoms with Crippen LogP contribution in [-0.2, 0) is 19.6 Å². The van der Waals surface area contributed by atoms with Crippen LogP contribution in [0.2, 0.25) is 0 Å². The van der Waals surface area contributed by atoms with E-state index in [1.54, 1.807) is 47.6 Å². The molecule has 3 fully saturated rings. The van der Waals surface area contributed by atoms with Crippen LogP contribution in [0.5, 0.6) is 0 Å². The first kappa shape index (κ1) is 19.5. The van der Waals surface area contributed by atoms with E-state index in [-0.39, 0.29) is 23.9 Å². The first-order chi connectivity index (χ1) is 14.5. The van der Waals surface area contributed by atoms with Gasteiger partial charge in [-0.1, -0.05) is 18.2 Å². The molecule has 8 nitrogen and oxygen atoms in total. The summed E-state index contributed by atoms with van der Waals surface area (Å²) in [4.78, 5) is 21.1. The van der Waals surface area contributed by atoms with Crippen molar-refractivity contribution in [3.63, 3.8) is 0 Å². The summed E-state index contributed by atoms with van der Waals surface area (Å²) in [6, 6.07) is 12.2. The van der Waals surface area contributed by atoms with E-state index >= 15 is 0 Å². The summed E-state index contributed by atoms with van der Waals surface area (Å²) in [7, 11) is -3.73. The molecule has 1 amide bonds. The molecule has 30 heavy (non-hydrogen) atoms. The first-order valence-corrected chi connectivity index (χ1v) is 11.6. The predicted octanol–water partition coefficient (Wildman–Crippen LogP) is 1.31. The summed E-state index contributed by atoms with van der Waals surface area (Å²) in [5.74, 6) is -0.195. The van der Waals surface area contributed by atoms with Crippen molar-refractivity contribution < 1.29 is 17.9 Å². The summed E-state index contributed by atoms with van der Waals surface area (Å²) in [6.45, 7) is 2.20. The molecule has 3 aliphatic heterocycles. The van der Waals surface area contributed by atoms with Gasteiger partial charge in [0.05, 0.1) is 30.1 Å². The van der Waals surface area contributed by atoms with Gasteiger partial charge in [-0.15, -0.1) is 0 Å². The van der Waals surface area contributed by atoms with Gasteiger partial charge in [-0.25, -0.2) is 8.42 Å². The topological polar surface area (TPSA) is 83.0 Å². The van der Waals surface area contributed by atoms with E-state index in [1.165, 1.54) is 4.31 Å². The lowest BCUT2D eigenvalue weighted by atomic mass is 9.91. The standard InChI is InChI=1S/C21H24N4O4S/c26-19-14-24(30(27,28)18-4-2-1-3-5-18)15-20-25(19)16-21(29-20)8-12-23(13-9-21)17-6-10-22-11-7-17/h1-7,10-11,20H,8-9,12-16H2. The molecule has 158 valence electrons. The smallest absolute Gasteiger partial charge is 0.243 e. The second-order valence-corrected chi connectivity index (χ2v) is 10.0. The Bertz CT molecular complexity index is 1020. The number of carbonyl (C=O) groups is 1. The zero-order valence-corrected chi connectivity index (χ0v) is 17.4. The van der Waals surface area contributed by atoms with Gasteiger partial charge < -0.3 is 14.5 Å². The van der Waals surface area contributed by atoms with E-state index in [0.29, 0.717) is 6.54 Å². The number of amides is 1. The third-order valence-electron chi connectivity index (χ3n) is 6.27. The van der Waals surface area contributed by atoms with Crippen LogP contribution in [0.15, 0.2) is 59.8 Å². The number of rotatable bonds is 3. The molecule has 0 aliphatic carbocycles. The summed E-state index contributed by atoms with van der Waals surface area (Å²) in [5.41, 5.74) is 0.725. The van der Waals surface area contributed by atoms with Gasteiger partial charge in [-0.05, 0) is 37.1 Å². The van der Waals surface area contributed by atoms with Crippen molar-refractivity contribution in [1.82, 2.24) is 14.2 Å². The highest BCUT2D eigenvalue weighted by molar-refractivity contribution is 7.89. The van der Waals surface area contributed by atoms with E-state index in [4.69, 9.17) is 4.74 Å². The normalized spacial score (nSPS) is 24.3. The summed E-state index contributed by atoms with van der Waals surface area (Å²) >= 11 is 0. The number of hydrogen-bond acceptors (Lipinski definition) is 6. The molecule has 3 saturated heterocycles. The van der Waals surface area contributed by atoms with Gasteiger partial charge in [0.25, 0.3) is 0 Å². The molecule has 2 aromatic rings. The minimum atomic E-state index is -3.73. The first-order valence-electron chi connectivity index (χ1n) is 10.1. The zero-order chi connectivity index (χ0) is 20.8. The van der Waals surface area contributed by atoms with Crippen LogP contribution in [0.4, 0.5) is 5.69 Å². The van der Waals surface area contributed by atoms with Crippen LogP contribution in [0, 0.1) is 0 Å². The third-order valence-corrected chi connectivity index (χ3v) is 8.09. The van der Waals surface area contributed by atoms with Gasteiger partial charge in [-0.3, -0.25) is 9.78 Å². The molecule has 1 aromatic carbocycles. The lowest BCUT2D eigenvalue weighted by molar-refractivity contribution is -0.144. The zero-order valence-electron chi connectivity index (χ0n) is 16.6. The fraction of sp³-hybridized carbons (Fsp3) is 0.429. The Labute approximate surface area is 176 Å². The van der Waals surface area contributed by atoms with Crippen LogP contribution in [0.1, 0.15) is 12.8 Å². The highest BCUT2D eigenvalue weighted by atomic mass is 32.2. The Balaban J connectivity index is 1.30. The van der Waals surface area contributed by atoms with Gasteiger partial charge >= 0.3 is 0 Å². The van der Waals surface area contributed by atoms with Gasteiger partial charge in [0.15, 0.2) is 0 Å². The number of carbonyl (C=O) groups excluding carboxylic acids is 1. The Morgan fingerprint density at radius 3 is 2.43 bits per heavy atom. The monoisotopic (exact) mass is 428 g/mol. The van der Waals surface area contributed by atoms with Crippen LogP contribution in [-0.4, -0.2) is 73.1 Å². The lowest BCUT2D eigenvalue weighted by Crippen LogP contribution is -2.55. The van der Waals surface area contributed by atoms with E-state index in [2.05, 4.69) is 9.88 Å². The van der Waals surface area contributed by atoms with Crippen molar-refractivity contribution in [2.75, 3.05) is 37.6 Å².